The van der Waals surface area contributed by atoms with E-state index in [1.54, 1.807) is 13.8 Å². The van der Waals surface area contributed by atoms with E-state index in [-0.39, 0.29) is 5.41 Å². The fourth-order valence-corrected chi connectivity index (χ4v) is 2.07. The standard InChI is InChI=1S/C13H22N2O2S/c1-6-12(2,3)8-14-11-15-9(7-18-11)13(4,5)10(16)17/h7H,6,8H2,1-5H3,(H,14,15)(H,16,17). The number of thiazole rings is 1. The summed E-state index contributed by atoms with van der Waals surface area (Å²) in [6.45, 7) is 10.7. The van der Waals surface area contributed by atoms with Crippen LogP contribution in [0.2, 0.25) is 0 Å². The molecule has 0 aliphatic carbocycles. The number of hydrogen-bond acceptors (Lipinski definition) is 4. The van der Waals surface area contributed by atoms with Crippen LogP contribution in [-0.4, -0.2) is 22.6 Å². The van der Waals surface area contributed by atoms with E-state index in [0.717, 1.165) is 18.1 Å². The maximum absolute atomic E-state index is 11.1. The fraction of sp³-hybridized carbons (Fsp3) is 0.692. The minimum Gasteiger partial charge on any atom is -0.481 e. The van der Waals surface area contributed by atoms with E-state index in [4.69, 9.17) is 5.11 Å². The summed E-state index contributed by atoms with van der Waals surface area (Å²) in [6.07, 6.45) is 1.08. The SMILES string of the molecule is CCC(C)(C)CNc1nc(C(C)(C)C(=O)O)cs1. The highest BCUT2D eigenvalue weighted by molar-refractivity contribution is 7.13. The number of rotatable bonds is 6. The van der Waals surface area contributed by atoms with Crippen molar-refractivity contribution in [2.45, 2.75) is 46.5 Å². The van der Waals surface area contributed by atoms with Crippen LogP contribution in [0.1, 0.15) is 46.7 Å². The van der Waals surface area contributed by atoms with Crippen LogP contribution < -0.4 is 5.32 Å². The third-order valence-electron chi connectivity index (χ3n) is 3.35. The molecule has 0 amide bonds. The smallest absolute Gasteiger partial charge is 0.315 e. The van der Waals surface area contributed by atoms with Gasteiger partial charge in [-0.3, -0.25) is 4.79 Å². The summed E-state index contributed by atoms with van der Waals surface area (Å²) in [6, 6.07) is 0. The minimum absolute atomic E-state index is 0.216. The average Bonchev–Trinajstić information content (AvgIpc) is 2.75. The average molecular weight is 270 g/mol. The highest BCUT2D eigenvalue weighted by Crippen LogP contribution is 2.28. The Kier molecular flexibility index (Phi) is 4.37. The first kappa shape index (κ1) is 15.0. The zero-order chi connectivity index (χ0) is 14.0. The summed E-state index contributed by atoms with van der Waals surface area (Å²) in [5.41, 5.74) is -0.109. The first-order valence-electron chi connectivity index (χ1n) is 6.12. The first-order valence-corrected chi connectivity index (χ1v) is 7.00. The van der Waals surface area contributed by atoms with Gasteiger partial charge in [0.2, 0.25) is 0 Å². The topological polar surface area (TPSA) is 62.2 Å². The van der Waals surface area contributed by atoms with Gasteiger partial charge in [-0.05, 0) is 25.7 Å². The van der Waals surface area contributed by atoms with E-state index in [1.807, 2.05) is 5.38 Å². The summed E-state index contributed by atoms with van der Waals surface area (Å²) in [5.74, 6) is -0.853. The molecule has 0 fully saturated rings. The van der Waals surface area contributed by atoms with E-state index in [2.05, 4.69) is 31.1 Å². The highest BCUT2D eigenvalue weighted by Gasteiger charge is 2.32. The number of nitrogens with one attached hydrogen (secondary N) is 1. The minimum atomic E-state index is -0.934. The lowest BCUT2D eigenvalue weighted by Gasteiger charge is -2.22. The molecule has 4 nitrogen and oxygen atoms in total. The number of carboxylic acids is 1. The lowest BCUT2D eigenvalue weighted by molar-refractivity contribution is -0.142. The molecule has 5 heteroatoms. The molecule has 1 heterocycles. The van der Waals surface area contributed by atoms with Gasteiger partial charge in [0.15, 0.2) is 5.13 Å². The second kappa shape index (κ2) is 5.26. The summed E-state index contributed by atoms with van der Waals surface area (Å²) in [7, 11) is 0. The molecule has 0 saturated carbocycles. The Morgan fingerprint density at radius 1 is 1.44 bits per heavy atom. The normalized spacial score (nSPS) is 12.5. The van der Waals surface area contributed by atoms with Gasteiger partial charge >= 0.3 is 5.97 Å². The summed E-state index contributed by atoms with van der Waals surface area (Å²) >= 11 is 1.46. The Morgan fingerprint density at radius 3 is 2.56 bits per heavy atom. The predicted octanol–water partition coefficient (Wildman–Crippen LogP) is 3.35. The van der Waals surface area contributed by atoms with Crippen molar-refractivity contribution >= 4 is 22.4 Å². The van der Waals surface area contributed by atoms with E-state index in [0.29, 0.717) is 5.69 Å². The third-order valence-corrected chi connectivity index (χ3v) is 4.15. The number of hydrogen-bond donors (Lipinski definition) is 2. The number of anilines is 1. The van der Waals surface area contributed by atoms with Crippen LogP contribution in [0.3, 0.4) is 0 Å². The molecule has 1 aromatic heterocycles. The molecule has 18 heavy (non-hydrogen) atoms. The Hall–Kier alpha value is -1.10. The second-order valence-corrected chi connectivity index (χ2v) is 6.70. The van der Waals surface area contributed by atoms with E-state index in [9.17, 15) is 4.79 Å². The molecule has 1 rings (SSSR count). The Balaban J connectivity index is 2.73. The van der Waals surface area contributed by atoms with Gasteiger partial charge < -0.3 is 10.4 Å². The van der Waals surface area contributed by atoms with Crippen molar-refractivity contribution in [2.24, 2.45) is 5.41 Å². The first-order chi connectivity index (χ1) is 8.19. The van der Waals surface area contributed by atoms with Crippen molar-refractivity contribution in [1.82, 2.24) is 4.98 Å². The number of aromatic nitrogens is 1. The molecule has 0 aliphatic heterocycles. The van der Waals surface area contributed by atoms with Crippen molar-refractivity contribution in [3.05, 3.63) is 11.1 Å². The van der Waals surface area contributed by atoms with Gasteiger partial charge in [-0.25, -0.2) is 4.98 Å². The molecule has 0 atom stereocenters. The molecule has 102 valence electrons. The lowest BCUT2D eigenvalue weighted by atomic mass is 9.90. The summed E-state index contributed by atoms with van der Waals surface area (Å²) in [4.78, 5) is 15.5. The maximum Gasteiger partial charge on any atom is 0.315 e. The van der Waals surface area contributed by atoms with Gasteiger partial charge in [0.1, 0.15) is 5.41 Å². The van der Waals surface area contributed by atoms with Crippen molar-refractivity contribution in [1.29, 1.82) is 0 Å². The van der Waals surface area contributed by atoms with E-state index >= 15 is 0 Å². The zero-order valence-electron chi connectivity index (χ0n) is 11.7. The van der Waals surface area contributed by atoms with Gasteiger partial charge in [0.05, 0.1) is 5.69 Å². The Bertz CT molecular complexity index is 424. The van der Waals surface area contributed by atoms with Crippen LogP contribution in [0.25, 0.3) is 0 Å². The quantitative estimate of drug-likeness (QED) is 0.832. The summed E-state index contributed by atoms with van der Waals surface area (Å²) in [5, 5.41) is 15.0. The number of carboxylic acid groups (broad SMARTS) is 1. The van der Waals surface area contributed by atoms with Crippen LogP contribution >= 0.6 is 11.3 Å². The number of aliphatic carboxylic acids is 1. The highest BCUT2D eigenvalue weighted by atomic mass is 32.1. The van der Waals surface area contributed by atoms with Crippen molar-refractivity contribution in [3.63, 3.8) is 0 Å². The van der Waals surface area contributed by atoms with Crippen LogP contribution in [0.15, 0.2) is 5.38 Å². The van der Waals surface area contributed by atoms with Crippen LogP contribution in [0, 0.1) is 5.41 Å². The van der Waals surface area contributed by atoms with Gasteiger partial charge in [0.25, 0.3) is 0 Å². The van der Waals surface area contributed by atoms with Gasteiger partial charge in [0, 0.05) is 11.9 Å². The molecule has 1 aromatic rings. The van der Waals surface area contributed by atoms with Crippen LogP contribution in [-0.2, 0) is 10.2 Å². The van der Waals surface area contributed by atoms with Crippen LogP contribution in [0.5, 0.6) is 0 Å². The zero-order valence-corrected chi connectivity index (χ0v) is 12.5. The van der Waals surface area contributed by atoms with Crippen molar-refractivity contribution in [2.75, 3.05) is 11.9 Å². The maximum atomic E-state index is 11.1. The van der Waals surface area contributed by atoms with Crippen molar-refractivity contribution < 1.29 is 9.90 Å². The summed E-state index contributed by atoms with van der Waals surface area (Å²) < 4.78 is 0. The Labute approximate surface area is 112 Å². The predicted molar refractivity (Wildman–Crippen MR) is 75.3 cm³/mol. The second-order valence-electron chi connectivity index (χ2n) is 5.84. The van der Waals surface area contributed by atoms with E-state index in [1.165, 1.54) is 11.3 Å². The fourth-order valence-electron chi connectivity index (χ4n) is 1.19. The third kappa shape index (κ3) is 3.45. The van der Waals surface area contributed by atoms with Gasteiger partial charge in [-0.1, -0.05) is 20.8 Å². The molecule has 0 aromatic carbocycles. The number of nitrogens with zero attached hydrogens (tertiary/aromatic N) is 1. The molecule has 0 unspecified atom stereocenters. The lowest BCUT2D eigenvalue weighted by Crippen LogP contribution is -2.29. The molecule has 0 radical (unpaired) electrons. The molecule has 0 saturated heterocycles. The monoisotopic (exact) mass is 270 g/mol. The largest absolute Gasteiger partial charge is 0.481 e. The molecular formula is C13H22N2O2S. The van der Waals surface area contributed by atoms with Crippen LogP contribution in [0.4, 0.5) is 5.13 Å². The van der Waals surface area contributed by atoms with Gasteiger partial charge in [-0.2, -0.15) is 0 Å². The Morgan fingerprint density at radius 2 is 2.06 bits per heavy atom. The molecule has 2 N–H and O–H groups in total. The molecule has 0 aliphatic rings. The van der Waals surface area contributed by atoms with Crippen molar-refractivity contribution in [3.8, 4) is 0 Å². The molecular weight excluding hydrogens is 248 g/mol. The molecule has 0 bridgehead atoms. The van der Waals surface area contributed by atoms with E-state index < -0.39 is 11.4 Å². The number of carbonyl (C=O) groups is 1. The molecule has 0 spiro atoms. The van der Waals surface area contributed by atoms with Gasteiger partial charge in [-0.15, -0.1) is 11.3 Å².